The average Bonchev–Trinajstić information content (AvgIpc) is 3.25. The quantitative estimate of drug-likeness (QED) is 0.370. The van der Waals surface area contributed by atoms with Crippen molar-refractivity contribution in [3.63, 3.8) is 0 Å². The Kier molecular flexibility index (Phi) is 5.75. The van der Waals surface area contributed by atoms with Gasteiger partial charge in [0.2, 0.25) is 0 Å². The molecule has 1 amide bonds. The topological polar surface area (TPSA) is 88.7 Å². The molecule has 0 saturated heterocycles. The van der Waals surface area contributed by atoms with Gasteiger partial charge in [-0.3, -0.25) is 4.79 Å². The van der Waals surface area contributed by atoms with Gasteiger partial charge in [0.25, 0.3) is 5.91 Å². The van der Waals surface area contributed by atoms with Crippen LogP contribution in [0.4, 0.5) is 0 Å². The lowest BCUT2D eigenvalue weighted by Gasteiger charge is -2.03. The van der Waals surface area contributed by atoms with Crippen LogP contribution in [-0.4, -0.2) is 34.1 Å². The van der Waals surface area contributed by atoms with Crippen LogP contribution < -0.4 is 10.2 Å². The van der Waals surface area contributed by atoms with Crippen LogP contribution in [0.3, 0.4) is 0 Å². The molecule has 31 heavy (non-hydrogen) atoms. The summed E-state index contributed by atoms with van der Waals surface area (Å²) in [6, 6.07) is 23.5. The Hall–Kier alpha value is -4.39. The van der Waals surface area contributed by atoms with Gasteiger partial charge in [-0.15, -0.1) is 0 Å². The zero-order valence-electron chi connectivity index (χ0n) is 16.8. The average molecular weight is 412 g/mol. The van der Waals surface area contributed by atoms with Gasteiger partial charge in [-0.2, -0.15) is 10.2 Å². The number of benzene rings is 3. The fraction of sp³-hybridized carbons (Fsp3) is 0.0417. The summed E-state index contributed by atoms with van der Waals surface area (Å²) >= 11 is 0. The molecule has 7 heteroatoms. The molecule has 0 aliphatic rings. The third-order valence-electron chi connectivity index (χ3n) is 4.59. The minimum absolute atomic E-state index is 0.126. The first kappa shape index (κ1) is 19.9. The zero-order valence-corrected chi connectivity index (χ0v) is 16.8. The number of aromatic hydroxyl groups is 1. The Morgan fingerprint density at radius 3 is 2.55 bits per heavy atom. The predicted octanol–water partition coefficient (Wildman–Crippen LogP) is 4.02. The lowest BCUT2D eigenvalue weighted by molar-refractivity contribution is 0.0955. The third kappa shape index (κ3) is 4.62. The second kappa shape index (κ2) is 8.96. The van der Waals surface area contributed by atoms with E-state index in [1.165, 1.54) is 6.21 Å². The number of methoxy groups -OCH3 is 1. The fourth-order valence-corrected chi connectivity index (χ4v) is 3.05. The van der Waals surface area contributed by atoms with Crippen molar-refractivity contribution < 1.29 is 14.6 Å². The van der Waals surface area contributed by atoms with Crippen LogP contribution in [0.1, 0.15) is 15.9 Å². The maximum absolute atomic E-state index is 12.9. The summed E-state index contributed by atoms with van der Waals surface area (Å²) in [6.07, 6.45) is 3.14. The van der Waals surface area contributed by atoms with Gasteiger partial charge in [-0.25, -0.2) is 10.1 Å². The summed E-state index contributed by atoms with van der Waals surface area (Å²) in [7, 11) is 1.60. The first-order valence-corrected chi connectivity index (χ1v) is 9.56. The number of hydrazone groups is 1. The van der Waals surface area contributed by atoms with Gasteiger partial charge in [0, 0.05) is 11.8 Å². The summed E-state index contributed by atoms with van der Waals surface area (Å²) < 4.78 is 6.88. The molecule has 0 bridgehead atoms. The van der Waals surface area contributed by atoms with Crippen LogP contribution in [-0.2, 0) is 0 Å². The number of hydrogen-bond acceptors (Lipinski definition) is 5. The molecule has 0 atom stereocenters. The van der Waals surface area contributed by atoms with Crippen LogP contribution in [0.25, 0.3) is 16.9 Å². The zero-order chi connectivity index (χ0) is 21.6. The number of phenols is 1. The first-order chi connectivity index (χ1) is 15.1. The van der Waals surface area contributed by atoms with Crippen molar-refractivity contribution >= 4 is 12.1 Å². The second-order valence-electron chi connectivity index (χ2n) is 6.69. The molecule has 4 rings (SSSR count). The molecule has 0 aliphatic carbocycles. The highest BCUT2D eigenvalue weighted by molar-refractivity contribution is 6.00. The number of hydrogen-bond donors (Lipinski definition) is 2. The second-order valence-corrected chi connectivity index (χ2v) is 6.69. The van der Waals surface area contributed by atoms with E-state index in [4.69, 9.17) is 4.74 Å². The van der Waals surface area contributed by atoms with Crippen LogP contribution in [0.15, 0.2) is 90.2 Å². The molecule has 0 fully saturated rings. The number of ether oxygens (including phenoxy) is 1. The number of para-hydroxylation sites is 1. The van der Waals surface area contributed by atoms with Crippen molar-refractivity contribution in [3.8, 4) is 28.4 Å². The van der Waals surface area contributed by atoms with Gasteiger partial charge in [0.05, 0.1) is 24.6 Å². The third-order valence-corrected chi connectivity index (χ3v) is 4.59. The lowest BCUT2D eigenvalue weighted by Crippen LogP contribution is -2.17. The number of nitrogens with zero attached hydrogens (tertiary/aromatic N) is 3. The minimum atomic E-state index is -0.399. The Morgan fingerprint density at radius 1 is 1.06 bits per heavy atom. The summed E-state index contributed by atoms with van der Waals surface area (Å²) in [4.78, 5) is 12.9. The van der Waals surface area contributed by atoms with E-state index >= 15 is 0 Å². The normalized spacial score (nSPS) is 10.9. The molecular weight excluding hydrogens is 392 g/mol. The predicted molar refractivity (Wildman–Crippen MR) is 119 cm³/mol. The summed E-state index contributed by atoms with van der Waals surface area (Å²) in [5.41, 5.74) is 5.71. The van der Waals surface area contributed by atoms with Crippen molar-refractivity contribution in [1.82, 2.24) is 15.2 Å². The van der Waals surface area contributed by atoms with Crippen LogP contribution in [0, 0.1) is 0 Å². The van der Waals surface area contributed by atoms with E-state index in [0.29, 0.717) is 22.6 Å². The summed E-state index contributed by atoms with van der Waals surface area (Å²) in [6.45, 7) is 0. The van der Waals surface area contributed by atoms with Gasteiger partial charge in [-0.1, -0.05) is 30.3 Å². The highest BCUT2D eigenvalue weighted by atomic mass is 16.5. The van der Waals surface area contributed by atoms with Gasteiger partial charge in [0.1, 0.15) is 17.2 Å². The number of amides is 1. The Balaban J connectivity index is 1.65. The number of carbonyl (C=O) groups is 1. The molecule has 3 aromatic carbocycles. The fourth-order valence-electron chi connectivity index (χ4n) is 3.05. The largest absolute Gasteiger partial charge is 0.508 e. The Labute approximate surface area is 179 Å². The van der Waals surface area contributed by atoms with E-state index in [1.54, 1.807) is 42.3 Å². The number of aromatic nitrogens is 2. The van der Waals surface area contributed by atoms with Crippen molar-refractivity contribution in [2.24, 2.45) is 5.10 Å². The molecule has 154 valence electrons. The van der Waals surface area contributed by atoms with Gasteiger partial charge in [0.15, 0.2) is 0 Å². The molecule has 0 radical (unpaired) electrons. The minimum Gasteiger partial charge on any atom is -0.508 e. The van der Waals surface area contributed by atoms with Crippen molar-refractivity contribution in [2.45, 2.75) is 0 Å². The van der Waals surface area contributed by atoms with Crippen LogP contribution in [0.2, 0.25) is 0 Å². The highest BCUT2D eigenvalue weighted by Gasteiger charge is 2.18. The van der Waals surface area contributed by atoms with E-state index < -0.39 is 5.91 Å². The molecule has 2 N–H and O–H groups in total. The van der Waals surface area contributed by atoms with Crippen molar-refractivity contribution in [1.29, 1.82) is 0 Å². The molecule has 1 heterocycles. The molecule has 7 nitrogen and oxygen atoms in total. The smallest absolute Gasteiger partial charge is 0.275 e. The molecule has 0 unspecified atom stereocenters. The van der Waals surface area contributed by atoms with Crippen molar-refractivity contribution in [3.05, 3.63) is 96.2 Å². The van der Waals surface area contributed by atoms with E-state index in [9.17, 15) is 9.90 Å². The van der Waals surface area contributed by atoms with E-state index in [-0.39, 0.29) is 5.75 Å². The van der Waals surface area contributed by atoms with E-state index in [1.807, 2.05) is 54.6 Å². The molecule has 0 aliphatic heterocycles. The maximum atomic E-state index is 12.9. The number of rotatable bonds is 6. The standard InChI is InChI=1S/C24H20N4O3/c1-31-21-12-10-18(11-13-21)23-22(16-28(27-23)19-7-3-2-4-8-19)24(30)26-25-15-17-6-5-9-20(29)14-17/h2-16,29H,1H3,(H,26,30)/b25-15+. The van der Waals surface area contributed by atoms with E-state index in [2.05, 4.69) is 15.6 Å². The Bertz CT molecular complexity index is 1220. The molecule has 0 saturated carbocycles. The highest BCUT2D eigenvalue weighted by Crippen LogP contribution is 2.26. The van der Waals surface area contributed by atoms with Crippen LogP contribution >= 0.6 is 0 Å². The first-order valence-electron chi connectivity index (χ1n) is 9.56. The number of carbonyl (C=O) groups excluding carboxylic acids is 1. The number of phenolic OH excluding ortho intramolecular Hbond substituents is 1. The molecule has 4 aromatic rings. The Morgan fingerprint density at radius 2 is 1.84 bits per heavy atom. The van der Waals surface area contributed by atoms with Crippen molar-refractivity contribution in [2.75, 3.05) is 7.11 Å². The summed E-state index contributed by atoms with van der Waals surface area (Å²) in [5, 5.41) is 18.2. The molecule has 0 spiro atoms. The molecular formula is C24H20N4O3. The van der Waals surface area contributed by atoms with Gasteiger partial charge >= 0.3 is 0 Å². The van der Waals surface area contributed by atoms with Crippen LogP contribution in [0.5, 0.6) is 11.5 Å². The lowest BCUT2D eigenvalue weighted by atomic mass is 10.1. The maximum Gasteiger partial charge on any atom is 0.275 e. The molecule has 1 aromatic heterocycles. The van der Waals surface area contributed by atoms with E-state index in [0.717, 1.165) is 11.3 Å². The van der Waals surface area contributed by atoms with Gasteiger partial charge < -0.3 is 9.84 Å². The summed E-state index contributed by atoms with van der Waals surface area (Å²) in [5.74, 6) is 0.443. The monoisotopic (exact) mass is 412 g/mol. The number of nitrogens with one attached hydrogen (secondary N) is 1. The SMILES string of the molecule is COc1ccc(-c2nn(-c3ccccc3)cc2C(=O)N/N=C/c2cccc(O)c2)cc1. The van der Waals surface area contributed by atoms with Gasteiger partial charge in [-0.05, 0) is 54.1 Å².